The molecular formula is C18H15BrN2O2. The molecular weight excluding hydrogens is 356 g/mol. The van der Waals surface area contributed by atoms with Gasteiger partial charge in [0.25, 0.3) is 0 Å². The van der Waals surface area contributed by atoms with Crippen LogP contribution < -0.4 is 0 Å². The Morgan fingerprint density at radius 1 is 1.13 bits per heavy atom. The molecule has 0 amide bonds. The van der Waals surface area contributed by atoms with E-state index in [1.807, 2.05) is 59.2 Å². The quantitative estimate of drug-likeness (QED) is 0.636. The summed E-state index contributed by atoms with van der Waals surface area (Å²) in [5.41, 5.74) is 2.16. The Kier molecular flexibility index (Phi) is 4.57. The molecule has 0 radical (unpaired) electrons. The molecule has 5 heteroatoms. The smallest absolute Gasteiger partial charge is 0.358 e. The first kappa shape index (κ1) is 15.5. The Labute approximate surface area is 142 Å². The normalized spacial score (nSPS) is 10.5. The average molecular weight is 371 g/mol. The number of esters is 1. The van der Waals surface area contributed by atoms with Crippen LogP contribution in [0.3, 0.4) is 0 Å². The topological polar surface area (TPSA) is 44.1 Å². The molecule has 0 aliphatic rings. The van der Waals surface area contributed by atoms with Crippen molar-refractivity contribution < 1.29 is 9.53 Å². The van der Waals surface area contributed by atoms with E-state index in [9.17, 15) is 4.79 Å². The Hall–Kier alpha value is -2.40. The molecule has 0 bridgehead atoms. The first-order chi connectivity index (χ1) is 11.2. The third-order valence-electron chi connectivity index (χ3n) is 3.33. The highest BCUT2D eigenvalue weighted by atomic mass is 79.9. The molecule has 23 heavy (non-hydrogen) atoms. The number of hydrogen-bond donors (Lipinski definition) is 0. The fraction of sp³-hybridized carbons (Fsp3) is 0.111. The van der Waals surface area contributed by atoms with Crippen molar-refractivity contribution in [3.8, 4) is 17.1 Å². The van der Waals surface area contributed by atoms with Crippen LogP contribution in [0.2, 0.25) is 0 Å². The third-order valence-corrected chi connectivity index (χ3v) is 3.86. The monoisotopic (exact) mass is 370 g/mol. The van der Waals surface area contributed by atoms with Gasteiger partial charge in [0.1, 0.15) is 5.82 Å². The van der Waals surface area contributed by atoms with Crippen LogP contribution in [-0.2, 0) is 4.74 Å². The van der Waals surface area contributed by atoms with Crippen molar-refractivity contribution in [1.29, 1.82) is 0 Å². The maximum Gasteiger partial charge on any atom is 0.358 e. The molecule has 0 unspecified atom stereocenters. The summed E-state index contributed by atoms with van der Waals surface area (Å²) in [4.78, 5) is 16.5. The highest BCUT2D eigenvalue weighted by molar-refractivity contribution is 9.10. The summed E-state index contributed by atoms with van der Waals surface area (Å²) in [6.45, 7) is 2.10. The number of ether oxygens (including phenoxy) is 1. The van der Waals surface area contributed by atoms with Crippen molar-refractivity contribution in [1.82, 2.24) is 9.55 Å². The van der Waals surface area contributed by atoms with Crippen LogP contribution in [0.4, 0.5) is 0 Å². The highest BCUT2D eigenvalue weighted by Gasteiger charge is 2.17. The molecule has 116 valence electrons. The van der Waals surface area contributed by atoms with E-state index in [0.29, 0.717) is 18.1 Å². The van der Waals surface area contributed by atoms with Gasteiger partial charge in [-0.2, -0.15) is 0 Å². The van der Waals surface area contributed by atoms with Crippen molar-refractivity contribution in [3.63, 3.8) is 0 Å². The van der Waals surface area contributed by atoms with Crippen LogP contribution >= 0.6 is 15.9 Å². The highest BCUT2D eigenvalue weighted by Crippen LogP contribution is 2.25. The summed E-state index contributed by atoms with van der Waals surface area (Å²) in [5.74, 6) is 0.285. The van der Waals surface area contributed by atoms with Crippen LogP contribution in [0.25, 0.3) is 17.1 Å². The van der Waals surface area contributed by atoms with E-state index in [1.54, 1.807) is 13.1 Å². The second kappa shape index (κ2) is 6.79. The molecule has 3 aromatic rings. The fourth-order valence-electron chi connectivity index (χ4n) is 2.27. The van der Waals surface area contributed by atoms with Gasteiger partial charge in [0.05, 0.1) is 6.61 Å². The number of carbonyl (C=O) groups excluding carboxylic acids is 1. The number of imidazole rings is 1. The first-order valence-corrected chi connectivity index (χ1v) is 8.06. The molecule has 0 aliphatic heterocycles. The minimum Gasteiger partial charge on any atom is -0.461 e. The Morgan fingerprint density at radius 3 is 2.48 bits per heavy atom. The largest absolute Gasteiger partial charge is 0.461 e. The number of aromatic nitrogens is 2. The van der Waals surface area contributed by atoms with Gasteiger partial charge in [-0.15, -0.1) is 0 Å². The number of nitrogens with zero attached hydrogens (tertiary/aromatic N) is 2. The summed E-state index contributed by atoms with van der Waals surface area (Å²) in [5, 5.41) is 0. The van der Waals surface area contributed by atoms with Crippen molar-refractivity contribution in [3.05, 3.63) is 71.0 Å². The molecule has 1 heterocycles. The predicted molar refractivity (Wildman–Crippen MR) is 92.7 cm³/mol. The number of halogens is 1. The zero-order chi connectivity index (χ0) is 16.2. The standard InChI is InChI=1S/C18H15BrN2O2/c1-2-23-18(22)16-12-21(15-6-4-3-5-7-15)17(20-16)13-8-10-14(19)11-9-13/h3-12H,2H2,1H3. The second-order valence-electron chi connectivity index (χ2n) is 4.88. The fourth-order valence-corrected chi connectivity index (χ4v) is 2.54. The van der Waals surface area contributed by atoms with Gasteiger partial charge in [-0.25, -0.2) is 9.78 Å². The first-order valence-electron chi connectivity index (χ1n) is 7.27. The van der Waals surface area contributed by atoms with E-state index in [4.69, 9.17) is 4.74 Å². The van der Waals surface area contributed by atoms with Gasteiger partial charge in [-0.3, -0.25) is 4.57 Å². The molecule has 3 rings (SSSR count). The van der Waals surface area contributed by atoms with E-state index >= 15 is 0 Å². The Morgan fingerprint density at radius 2 is 1.83 bits per heavy atom. The maximum absolute atomic E-state index is 12.0. The molecule has 1 aromatic heterocycles. The molecule has 0 atom stereocenters. The van der Waals surface area contributed by atoms with Crippen molar-refractivity contribution in [2.45, 2.75) is 6.92 Å². The molecule has 0 spiro atoms. The Bertz CT molecular complexity index is 811. The SMILES string of the molecule is CCOC(=O)c1cn(-c2ccccc2)c(-c2ccc(Br)cc2)n1. The van der Waals surface area contributed by atoms with Crippen LogP contribution in [-0.4, -0.2) is 22.1 Å². The van der Waals surface area contributed by atoms with Gasteiger partial charge in [0, 0.05) is 21.9 Å². The molecule has 0 aliphatic carbocycles. The van der Waals surface area contributed by atoms with Crippen LogP contribution in [0.1, 0.15) is 17.4 Å². The molecule has 2 aromatic carbocycles. The molecule has 0 saturated carbocycles. The number of benzene rings is 2. The van der Waals surface area contributed by atoms with Crippen molar-refractivity contribution in [2.75, 3.05) is 6.61 Å². The van der Waals surface area contributed by atoms with Gasteiger partial charge >= 0.3 is 5.97 Å². The summed E-state index contributed by atoms with van der Waals surface area (Å²) >= 11 is 3.43. The van der Waals surface area contributed by atoms with Crippen LogP contribution in [0.5, 0.6) is 0 Å². The lowest BCUT2D eigenvalue weighted by molar-refractivity contribution is 0.0520. The van der Waals surface area contributed by atoms with Gasteiger partial charge in [-0.05, 0) is 31.2 Å². The van der Waals surface area contributed by atoms with Gasteiger partial charge in [0.2, 0.25) is 0 Å². The summed E-state index contributed by atoms with van der Waals surface area (Å²) in [6.07, 6.45) is 1.71. The lowest BCUT2D eigenvalue weighted by Crippen LogP contribution is -2.04. The molecule has 0 N–H and O–H groups in total. The zero-order valence-electron chi connectivity index (χ0n) is 12.6. The van der Waals surface area contributed by atoms with E-state index in [2.05, 4.69) is 20.9 Å². The maximum atomic E-state index is 12.0. The van der Waals surface area contributed by atoms with E-state index in [0.717, 1.165) is 15.7 Å². The molecule has 0 saturated heterocycles. The minimum atomic E-state index is -0.416. The van der Waals surface area contributed by atoms with Crippen molar-refractivity contribution >= 4 is 21.9 Å². The molecule has 0 fully saturated rings. The number of para-hydroxylation sites is 1. The Balaban J connectivity index is 2.12. The summed E-state index contributed by atoms with van der Waals surface area (Å²) in [6, 6.07) is 17.6. The predicted octanol–water partition coefficient (Wildman–Crippen LogP) is 4.48. The van der Waals surface area contributed by atoms with E-state index < -0.39 is 5.97 Å². The summed E-state index contributed by atoms with van der Waals surface area (Å²) in [7, 11) is 0. The van der Waals surface area contributed by atoms with Gasteiger partial charge in [-0.1, -0.05) is 46.3 Å². The number of hydrogen-bond acceptors (Lipinski definition) is 3. The summed E-state index contributed by atoms with van der Waals surface area (Å²) < 4.78 is 7.95. The van der Waals surface area contributed by atoms with E-state index in [1.165, 1.54) is 0 Å². The molecule has 4 nitrogen and oxygen atoms in total. The minimum absolute atomic E-state index is 0.300. The second-order valence-corrected chi connectivity index (χ2v) is 5.80. The van der Waals surface area contributed by atoms with Crippen molar-refractivity contribution in [2.24, 2.45) is 0 Å². The number of rotatable bonds is 4. The third kappa shape index (κ3) is 3.35. The zero-order valence-corrected chi connectivity index (χ0v) is 14.2. The lowest BCUT2D eigenvalue weighted by Gasteiger charge is -2.07. The van der Waals surface area contributed by atoms with Crippen LogP contribution in [0, 0.1) is 0 Å². The van der Waals surface area contributed by atoms with E-state index in [-0.39, 0.29) is 0 Å². The average Bonchev–Trinajstić information content (AvgIpc) is 3.02. The van der Waals surface area contributed by atoms with Crippen LogP contribution in [0.15, 0.2) is 65.3 Å². The number of carbonyl (C=O) groups is 1. The lowest BCUT2D eigenvalue weighted by atomic mass is 10.2. The van der Waals surface area contributed by atoms with Gasteiger partial charge in [0.15, 0.2) is 5.69 Å². The van der Waals surface area contributed by atoms with Gasteiger partial charge < -0.3 is 4.74 Å².